The molecule has 0 radical (unpaired) electrons. The average molecular weight is 422 g/mol. The summed E-state index contributed by atoms with van der Waals surface area (Å²) in [5.41, 5.74) is 1.14. The number of anilines is 1. The predicted molar refractivity (Wildman–Crippen MR) is 102 cm³/mol. The van der Waals surface area contributed by atoms with E-state index in [0.717, 1.165) is 12.1 Å². The second-order valence-corrected chi connectivity index (χ2v) is 9.00. The van der Waals surface area contributed by atoms with Crippen molar-refractivity contribution in [2.45, 2.75) is 18.2 Å². The number of halogens is 2. The summed E-state index contributed by atoms with van der Waals surface area (Å²) in [6, 6.07) is 6.37. The quantitative estimate of drug-likeness (QED) is 0.762. The number of carbonyl (C=O) groups excluding carboxylic acids is 1. The van der Waals surface area contributed by atoms with Gasteiger partial charge in [-0.1, -0.05) is 6.07 Å². The third kappa shape index (κ3) is 3.54. The van der Waals surface area contributed by atoms with Gasteiger partial charge in [0.15, 0.2) is 0 Å². The fraction of sp³-hybridized carbons (Fsp3) is 0.350. The first kappa shape index (κ1) is 19.9. The van der Waals surface area contributed by atoms with E-state index in [4.69, 9.17) is 4.74 Å². The van der Waals surface area contributed by atoms with Crippen LogP contribution < -0.4 is 4.90 Å². The van der Waals surface area contributed by atoms with Gasteiger partial charge in [-0.2, -0.15) is 4.31 Å². The molecule has 2 aliphatic rings. The Morgan fingerprint density at radius 2 is 1.79 bits per heavy atom. The van der Waals surface area contributed by atoms with Gasteiger partial charge in [-0.3, -0.25) is 4.79 Å². The van der Waals surface area contributed by atoms with Crippen molar-refractivity contribution in [1.29, 1.82) is 0 Å². The minimum atomic E-state index is -3.78. The van der Waals surface area contributed by atoms with Crippen LogP contribution in [0.1, 0.15) is 21.5 Å². The third-order valence-electron chi connectivity index (χ3n) is 5.28. The largest absolute Gasteiger partial charge is 0.379 e. The van der Waals surface area contributed by atoms with Crippen LogP contribution in [-0.2, 0) is 21.2 Å². The van der Waals surface area contributed by atoms with E-state index < -0.39 is 27.6 Å². The van der Waals surface area contributed by atoms with E-state index in [9.17, 15) is 22.0 Å². The van der Waals surface area contributed by atoms with Gasteiger partial charge < -0.3 is 9.64 Å². The number of rotatable bonds is 3. The number of hydrogen-bond donors (Lipinski definition) is 0. The predicted octanol–water partition coefficient (Wildman–Crippen LogP) is 2.50. The molecule has 0 aromatic heterocycles. The van der Waals surface area contributed by atoms with Crippen molar-refractivity contribution in [2.75, 3.05) is 37.7 Å². The van der Waals surface area contributed by atoms with E-state index in [2.05, 4.69) is 0 Å². The van der Waals surface area contributed by atoms with Gasteiger partial charge in [0, 0.05) is 36.8 Å². The number of aryl methyl sites for hydroxylation is 1. The number of carbonyl (C=O) groups is 1. The fourth-order valence-corrected chi connectivity index (χ4v) is 5.38. The van der Waals surface area contributed by atoms with Gasteiger partial charge in [0.2, 0.25) is 10.0 Å². The summed E-state index contributed by atoms with van der Waals surface area (Å²) in [6.45, 7) is 3.00. The Balaban J connectivity index is 1.69. The molecule has 0 saturated carbocycles. The van der Waals surface area contributed by atoms with E-state index in [-0.39, 0.29) is 47.8 Å². The molecular formula is C20H20F2N2O4S. The molecule has 0 spiro atoms. The first-order valence-electron chi connectivity index (χ1n) is 9.27. The highest BCUT2D eigenvalue weighted by molar-refractivity contribution is 7.89. The molecule has 0 unspecified atom stereocenters. The number of hydrogen-bond acceptors (Lipinski definition) is 4. The van der Waals surface area contributed by atoms with Crippen molar-refractivity contribution >= 4 is 21.6 Å². The maximum atomic E-state index is 14.0. The molecule has 29 heavy (non-hydrogen) atoms. The molecule has 4 rings (SSSR count). The normalized spacial score (nSPS) is 17.4. The standard InChI is InChI=1S/C20H20F2N2O4S/c1-13-2-3-14(10-19(13)29(26,27)23-6-8-28-9-7-23)20(25)24-5-4-16-17(22)11-15(21)12-18(16)24/h2-3,10-12H,4-9H2,1H3. The Kier molecular flexibility index (Phi) is 5.14. The van der Waals surface area contributed by atoms with Crippen LogP contribution in [0.2, 0.25) is 0 Å². The van der Waals surface area contributed by atoms with E-state index >= 15 is 0 Å². The molecule has 9 heteroatoms. The van der Waals surface area contributed by atoms with Crippen LogP contribution in [0, 0.1) is 18.6 Å². The SMILES string of the molecule is Cc1ccc(C(=O)N2CCc3c(F)cc(F)cc32)cc1S(=O)(=O)N1CCOCC1. The second kappa shape index (κ2) is 7.47. The molecule has 0 atom stereocenters. The Morgan fingerprint density at radius 3 is 2.52 bits per heavy atom. The van der Waals surface area contributed by atoms with Crippen LogP contribution >= 0.6 is 0 Å². The summed E-state index contributed by atoms with van der Waals surface area (Å²) in [7, 11) is -3.78. The Morgan fingerprint density at radius 1 is 1.07 bits per heavy atom. The van der Waals surface area contributed by atoms with E-state index in [1.54, 1.807) is 13.0 Å². The summed E-state index contributed by atoms with van der Waals surface area (Å²) < 4.78 is 60.3. The van der Waals surface area contributed by atoms with Gasteiger partial charge in [-0.25, -0.2) is 17.2 Å². The summed E-state index contributed by atoms with van der Waals surface area (Å²) in [5.74, 6) is -1.94. The average Bonchev–Trinajstić information content (AvgIpc) is 3.12. The van der Waals surface area contributed by atoms with Gasteiger partial charge >= 0.3 is 0 Å². The van der Waals surface area contributed by atoms with Gasteiger partial charge in [0.1, 0.15) is 11.6 Å². The van der Waals surface area contributed by atoms with Crippen LogP contribution in [0.4, 0.5) is 14.5 Å². The fourth-order valence-electron chi connectivity index (χ4n) is 3.73. The number of nitrogens with zero attached hydrogens (tertiary/aromatic N) is 2. The number of amides is 1. The van der Waals surface area contributed by atoms with Crippen LogP contribution in [-0.4, -0.2) is 51.5 Å². The number of morpholine rings is 1. The smallest absolute Gasteiger partial charge is 0.258 e. The minimum Gasteiger partial charge on any atom is -0.379 e. The van der Waals surface area contributed by atoms with Gasteiger partial charge in [0.05, 0.1) is 23.8 Å². The molecule has 2 aromatic rings. The van der Waals surface area contributed by atoms with Crippen molar-refractivity contribution in [1.82, 2.24) is 4.31 Å². The molecule has 1 saturated heterocycles. The van der Waals surface area contributed by atoms with Crippen LogP contribution in [0.5, 0.6) is 0 Å². The molecule has 0 bridgehead atoms. The molecule has 154 valence electrons. The molecule has 2 aliphatic heterocycles. The van der Waals surface area contributed by atoms with E-state index in [1.165, 1.54) is 21.3 Å². The molecule has 0 aliphatic carbocycles. The monoisotopic (exact) mass is 422 g/mol. The molecule has 2 aromatic carbocycles. The maximum Gasteiger partial charge on any atom is 0.258 e. The number of fused-ring (bicyclic) bond motifs is 1. The molecule has 0 N–H and O–H groups in total. The summed E-state index contributed by atoms with van der Waals surface area (Å²) in [5, 5.41) is 0. The lowest BCUT2D eigenvalue weighted by atomic mass is 10.1. The summed E-state index contributed by atoms with van der Waals surface area (Å²) >= 11 is 0. The summed E-state index contributed by atoms with van der Waals surface area (Å²) in [4.78, 5) is 14.4. The molecular weight excluding hydrogens is 402 g/mol. The molecule has 1 amide bonds. The highest BCUT2D eigenvalue weighted by Gasteiger charge is 2.31. The van der Waals surface area contributed by atoms with Crippen LogP contribution in [0.3, 0.4) is 0 Å². The minimum absolute atomic E-state index is 0.0510. The molecule has 1 fully saturated rings. The zero-order valence-corrected chi connectivity index (χ0v) is 16.6. The Bertz CT molecular complexity index is 1080. The highest BCUT2D eigenvalue weighted by atomic mass is 32.2. The molecule has 6 nitrogen and oxygen atoms in total. The zero-order valence-electron chi connectivity index (χ0n) is 15.8. The van der Waals surface area contributed by atoms with E-state index in [0.29, 0.717) is 18.8 Å². The Labute approximate surface area is 167 Å². The summed E-state index contributed by atoms with van der Waals surface area (Å²) in [6.07, 6.45) is 0.276. The topological polar surface area (TPSA) is 66.9 Å². The first-order chi connectivity index (χ1) is 13.8. The number of ether oxygens (including phenoxy) is 1. The van der Waals surface area contributed by atoms with Crippen molar-refractivity contribution < 1.29 is 26.7 Å². The third-order valence-corrected chi connectivity index (χ3v) is 7.32. The molecule has 2 heterocycles. The van der Waals surface area contributed by atoms with Crippen molar-refractivity contribution in [2.24, 2.45) is 0 Å². The van der Waals surface area contributed by atoms with Crippen molar-refractivity contribution in [3.63, 3.8) is 0 Å². The lowest BCUT2D eigenvalue weighted by molar-refractivity contribution is 0.0730. The van der Waals surface area contributed by atoms with E-state index in [1.807, 2.05) is 0 Å². The lowest BCUT2D eigenvalue weighted by Gasteiger charge is -2.27. The first-order valence-corrected chi connectivity index (χ1v) is 10.7. The second-order valence-electron chi connectivity index (χ2n) is 7.09. The lowest BCUT2D eigenvalue weighted by Crippen LogP contribution is -2.41. The highest BCUT2D eigenvalue weighted by Crippen LogP contribution is 2.33. The van der Waals surface area contributed by atoms with Gasteiger partial charge in [0.25, 0.3) is 5.91 Å². The van der Waals surface area contributed by atoms with Crippen molar-refractivity contribution in [3.8, 4) is 0 Å². The Hall–Kier alpha value is -2.36. The van der Waals surface area contributed by atoms with Crippen LogP contribution in [0.15, 0.2) is 35.2 Å². The zero-order chi connectivity index (χ0) is 20.8. The van der Waals surface area contributed by atoms with Gasteiger partial charge in [-0.15, -0.1) is 0 Å². The number of sulfonamides is 1. The number of benzene rings is 2. The van der Waals surface area contributed by atoms with Gasteiger partial charge in [-0.05, 0) is 37.1 Å². The van der Waals surface area contributed by atoms with Crippen LogP contribution in [0.25, 0.3) is 0 Å². The maximum absolute atomic E-state index is 14.0. The van der Waals surface area contributed by atoms with Crippen molar-refractivity contribution in [3.05, 3.63) is 58.7 Å².